The fourth-order valence-corrected chi connectivity index (χ4v) is 2.19. The first-order chi connectivity index (χ1) is 11.4. The zero-order valence-electron chi connectivity index (χ0n) is 15.5. The average Bonchev–Trinajstić information content (AvgIpc) is 2.55. The van der Waals surface area contributed by atoms with Crippen LogP contribution in [0, 0.1) is 0 Å². The molecule has 0 amide bonds. The third kappa shape index (κ3) is 8.08. The van der Waals surface area contributed by atoms with Gasteiger partial charge in [-0.25, -0.2) is 0 Å². The summed E-state index contributed by atoms with van der Waals surface area (Å²) < 4.78 is 0. The number of rotatable bonds is 10. The number of amidine groups is 2. The summed E-state index contributed by atoms with van der Waals surface area (Å²) in [5, 5.41) is 0. The lowest BCUT2D eigenvalue weighted by Crippen LogP contribution is -2.19. The third-order valence-electron chi connectivity index (χ3n) is 3.55. The molecule has 0 aromatic heterocycles. The van der Waals surface area contributed by atoms with Crippen molar-refractivity contribution in [2.75, 3.05) is 54.4 Å². The Labute approximate surface area is 146 Å². The predicted octanol–water partition coefficient (Wildman–Crippen LogP) is 1.00. The molecule has 0 unspecified atom stereocenters. The summed E-state index contributed by atoms with van der Waals surface area (Å²) in [6.45, 7) is 3.46. The molecule has 4 N–H and O–H groups in total. The van der Waals surface area contributed by atoms with Crippen LogP contribution >= 0.6 is 0 Å². The van der Waals surface area contributed by atoms with Crippen molar-refractivity contribution in [1.82, 2.24) is 9.80 Å². The van der Waals surface area contributed by atoms with Crippen LogP contribution in [0.25, 0.3) is 0 Å². The van der Waals surface area contributed by atoms with E-state index < -0.39 is 0 Å². The van der Waals surface area contributed by atoms with Gasteiger partial charge in [0.15, 0.2) is 0 Å². The number of aliphatic imine (C=N–C) groups is 2. The number of hydrogen-bond acceptors (Lipinski definition) is 4. The van der Waals surface area contributed by atoms with Crippen molar-refractivity contribution >= 4 is 11.7 Å². The van der Waals surface area contributed by atoms with Crippen LogP contribution in [0.1, 0.15) is 24.0 Å². The highest BCUT2D eigenvalue weighted by atomic mass is 15.1. The second-order valence-electron chi connectivity index (χ2n) is 6.43. The molecule has 0 aliphatic rings. The minimum absolute atomic E-state index is 0.552. The summed E-state index contributed by atoms with van der Waals surface area (Å²) in [7, 11) is 8.21. The van der Waals surface area contributed by atoms with E-state index in [2.05, 4.69) is 48.0 Å². The van der Waals surface area contributed by atoms with Gasteiger partial charge in [-0.05, 0) is 60.2 Å². The molecule has 0 aliphatic heterocycles. The van der Waals surface area contributed by atoms with Gasteiger partial charge in [0.1, 0.15) is 11.7 Å². The molecule has 0 atom stereocenters. The Morgan fingerprint density at radius 3 is 1.62 bits per heavy atom. The standard InChI is InChI=1S/C18H32N6/c1-23(2)12-6-10-21-17(19)15-8-5-9-16(14-15)18(20)22-11-7-13-24(3)4/h5,8-9,14H,6-7,10-13H2,1-4H3,(H2,19,21)(H2,20,22). The zero-order valence-corrected chi connectivity index (χ0v) is 15.5. The molecule has 1 aromatic carbocycles. The van der Waals surface area contributed by atoms with Gasteiger partial charge in [-0.15, -0.1) is 0 Å². The molecule has 24 heavy (non-hydrogen) atoms. The highest BCUT2D eigenvalue weighted by molar-refractivity contribution is 6.02. The highest BCUT2D eigenvalue weighted by Gasteiger charge is 2.03. The summed E-state index contributed by atoms with van der Waals surface area (Å²) in [5.74, 6) is 1.10. The van der Waals surface area contributed by atoms with Crippen LogP contribution in [0.15, 0.2) is 34.3 Å². The van der Waals surface area contributed by atoms with Gasteiger partial charge < -0.3 is 21.3 Å². The molecule has 134 valence electrons. The number of nitrogens with zero attached hydrogens (tertiary/aromatic N) is 4. The molecule has 0 aliphatic carbocycles. The molecule has 0 saturated carbocycles. The van der Waals surface area contributed by atoms with E-state index in [0.29, 0.717) is 11.7 Å². The largest absolute Gasteiger partial charge is 0.384 e. The molecular formula is C18H32N6. The van der Waals surface area contributed by atoms with E-state index in [0.717, 1.165) is 50.1 Å². The van der Waals surface area contributed by atoms with E-state index in [9.17, 15) is 0 Å². The lowest BCUT2D eigenvalue weighted by Gasteiger charge is -2.09. The molecule has 0 heterocycles. The van der Waals surface area contributed by atoms with Gasteiger partial charge in [-0.2, -0.15) is 0 Å². The minimum Gasteiger partial charge on any atom is -0.384 e. The Bertz CT molecular complexity index is 503. The fraction of sp³-hybridized carbons (Fsp3) is 0.556. The highest BCUT2D eigenvalue weighted by Crippen LogP contribution is 2.06. The van der Waals surface area contributed by atoms with E-state index in [-0.39, 0.29) is 0 Å². The van der Waals surface area contributed by atoms with Gasteiger partial charge >= 0.3 is 0 Å². The second-order valence-corrected chi connectivity index (χ2v) is 6.43. The van der Waals surface area contributed by atoms with Gasteiger partial charge in [0.05, 0.1) is 0 Å². The van der Waals surface area contributed by atoms with Crippen LogP contribution < -0.4 is 11.5 Å². The monoisotopic (exact) mass is 332 g/mol. The van der Waals surface area contributed by atoms with Gasteiger partial charge in [-0.1, -0.05) is 18.2 Å². The molecule has 0 saturated heterocycles. The smallest absolute Gasteiger partial charge is 0.125 e. The summed E-state index contributed by atoms with van der Waals surface area (Å²) in [6, 6.07) is 7.80. The van der Waals surface area contributed by atoms with E-state index in [1.54, 1.807) is 0 Å². The number of benzene rings is 1. The van der Waals surface area contributed by atoms with Crippen molar-refractivity contribution in [1.29, 1.82) is 0 Å². The van der Waals surface area contributed by atoms with Crippen molar-refractivity contribution in [3.8, 4) is 0 Å². The summed E-state index contributed by atoms with van der Waals surface area (Å²) >= 11 is 0. The topological polar surface area (TPSA) is 83.2 Å². The number of hydrogen-bond donors (Lipinski definition) is 2. The number of nitrogens with two attached hydrogens (primary N) is 2. The van der Waals surface area contributed by atoms with Crippen molar-refractivity contribution in [3.63, 3.8) is 0 Å². The normalized spacial score (nSPS) is 13.1. The van der Waals surface area contributed by atoms with Crippen molar-refractivity contribution in [2.24, 2.45) is 21.5 Å². The molecular weight excluding hydrogens is 300 g/mol. The first-order valence-corrected chi connectivity index (χ1v) is 8.40. The van der Waals surface area contributed by atoms with E-state index in [4.69, 9.17) is 11.5 Å². The van der Waals surface area contributed by atoms with Crippen LogP contribution in [0.2, 0.25) is 0 Å². The molecule has 1 rings (SSSR count). The molecule has 6 nitrogen and oxygen atoms in total. The molecule has 0 spiro atoms. The van der Waals surface area contributed by atoms with Crippen LogP contribution in [0.5, 0.6) is 0 Å². The van der Waals surface area contributed by atoms with E-state index in [1.165, 1.54) is 0 Å². The molecule has 0 fully saturated rings. The minimum atomic E-state index is 0.552. The van der Waals surface area contributed by atoms with E-state index >= 15 is 0 Å². The Hall–Kier alpha value is -1.92. The lowest BCUT2D eigenvalue weighted by molar-refractivity contribution is 0.403. The van der Waals surface area contributed by atoms with Crippen molar-refractivity contribution < 1.29 is 0 Å². The zero-order chi connectivity index (χ0) is 17.9. The quantitative estimate of drug-likeness (QED) is 0.380. The fourth-order valence-electron chi connectivity index (χ4n) is 2.19. The SMILES string of the molecule is CN(C)CCCN=C(N)c1cccc(C(N)=NCCCN(C)C)c1. The van der Waals surface area contributed by atoms with Crippen LogP contribution in [0.4, 0.5) is 0 Å². The Morgan fingerprint density at radius 2 is 1.25 bits per heavy atom. The van der Waals surface area contributed by atoms with Crippen molar-refractivity contribution in [3.05, 3.63) is 35.4 Å². The lowest BCUT2D eigenvalue weighted by atomic mass is 10.1. The second kappa shape index (κ2) is 10.8. The van der Waals surface area contributed by atoms with Crippen LogP contribution in [-0.4, -0.2) is 75.8 Å². The molecule has 0 radical (unpaired) electrons. The Morgan fingerprint density at radius 1 is 0.833 bits per heavy atom. The van der Waals surface area contributed by atoms with Gasteiger partial charge in [0, 0.05) is 24.2 Å². The molecule has 0 bridgehead atoms. The average molecular weight is 332 g/mol. The molecule has 1 aromatic rings. The maximum absolute atomic E-state index is 6.09. The predicted molar refractivity (Wildman–Crippen MR) is 104 cm³/mol. The van der Waals surface area contributed by atoms with Crippen molar-refractivity contribution in [2.45, 2.75) is 12.8 Å². The van der Waals surface area contributed by atoms with Gasteiger partial charge in [0.25, 0.3) is 0 Å². The first kappa shape index (κ1) is 20.1. The maximum Gasteiger partial charge on any atom is 0.125 e. The van der Waals surface area contributed by atoms with Gasteiger partial charge in [-0.3, -0.25) is 9.98 Å². The Balaban J connectivity index is 2.64. The molecule has 6 heteroatoms. The summed E-state index contributed by atoms with van der Waals surface area (Å²) in [6.07, 6.45) is 1.98. The third-order valence-corrected chi connectivity index (χ3v) is 3.55. The first-order valence-electron chi connectivity index (χ1n) is 8.40. The Kier molecular flexibility index (Phi) is 9.04. The summed E-state index contributed by atoms with van der Waals surface area (Å²) in [5.41, 5.74) is 14.0. The maximum atomic E-state index is 6.09. The summed E-state index contributed by atoms with van der Waals surface area (Å²) in [4.78, 5) is 13.2. The van der Waals surface area contributed by atoms with Gasteiger partial charge in [0.2, 0.25) is 0 Å². The van der Waals surface area contributed by atoms with Crippen LogP contribution in [-0.2, 0) is 0 Å². The van der Waals surface area contributed by atoms with E-state index in [1.807, 2.05) is 24.3 Å². The van der Waals surface area contributed by atoms with Crippen LogP contribution in [0.3, 0.4) is 0 Å².